The highest BCUT2D eigenvalue weighted by Crippen LogP contribution is 2.34. The van der Waals surface area contributed by atoms with Gasteiger partial charge < -0.3 is 10.1 Å². The average molecular weight is 209 g/mol. The molecule has 2 nitrogen and oxygen atoms in total. The second-order valence-corrected chi connectivity index (χ2v) is 4.99. The number of nitrogens with one attached hydrogen (secondary N) is 1. The number of hydrogen-bond acceptors (Lipinski definition) is 3. The van der Waals surface area contributed by atoms with Gasteiger partial charge in [-0.1, -0.05) is 0 Å². The van der Waals surface area contributed by atoms with Crippen molar-refractivity contribution < 1.29 is 4.74 Å². The molecule has 76 valence electrons. The predicted octanol–water partition coefficient (Wildman–Crippen LogP) is 2.11. The van der Waals surface area contributed by atoms with E-state index in [1.165, 1.54) is 29.7 Å². The van der Waals surface area contributed by atoms with E-state index in [0.29, 0.717) is 12.1 Å². The molecule has 0 saturated carbocycles. The zero-order valence-corrected chi connectivity index (χ0v) is 8.98. The molecule has 2 aliphatic heterocycles. The summed E-state index contributed by atoms with van der Waals surface area (Å²) in [6.07, 6.45) is 4.05. The molecular formula is C11H15NOS. The third-order valence-corrected chi connectivity index (χ3v) is 4.20. The Balaban J connectivity index is 1.88. The summed E-state index contributed by atoms with van der Waals surface area (Å²) in [4.78, 5) is 1.52. The van der Waals surface area contributed by atoms with Gasteiger partial charge in [0.05, 0.1) is 12.1 Å². The molecule has 3 heterocycles. The summed E-state index contributed by atoms with van der Waals surface area (Å²) in [5.41, 5.74) is 1.54. The van der Waals surface area contributed by atoms with Crippen LogP contribution in [0.25, 0.3) is 0 Å². The van der Waals surface area contributed by atoms with Crippen LogP contribution in [0.1, 0.15) is 29.3 Å². The van der Waals surface area contributed by atoms with Gasteiger partial charge in [0.25, 0.3) is 0 Å². The van der Waals surface area contributed by atoms with Gasteiger partial charge in [-0.25, -0.2) is 0 Å². The summed E-state index contributed by atoms with van der Waals surface area (Å²) < 4.78 is 5.76. The third kappa shape index (κ3) is 1.40. The standard InChI is InChI=1S/C11H15NOS/c1-2-9(13-6-1)10-11-8(3-5-12-10)4-7-14-11/h4,7,9-10,12H,1-3,5-6H2. The first-order valence-corrected chi connectivity index (χ1v) is 6.24. The molecule has 2 aliphatic rings. The highest BCUT2D eigenvalue weighted by atomic mass is 32.1. The van der Waals surface area contributed by atoms with E-state index >= 15 is 0 Å². The third-order valence-electron chi connectivity index (χ3n) is 3.16. The number of hydrogen-bond donors (Lipinski definition) is 1. The summed E-state index contributed by atoms with van der Waals surface area (Å²) in [7, 11) is 0. The Morgan fingerprint density at radius 2 is 2.50 bits per heavy atom. The lowest BCUT2D eigenvalue weighted by molar-refractivity contribution is 0.0774. The Kier molecular flexibility index (Phi) is 2.32. The molecule has 0 aliphatic carbocycles. The van der Waals surface area contributed by atoms with Gasteiger partial charge in [0.15, 0.2) is 0 Å². The van der Waals surface area contributed by atoms with Gasteiger partial charge in [-0.2, -0.15) is 0 Å². The van der Waals surface area contributed by atoms with Crippen molar-refractivity contribution in [3.8, 4) is 0 Å². The molecule has 0 aromatic carbocycles. The summed E-state index contributed by atoms with van der Waals surface area (Å²) in [6, 6.07) is 2.74. The zero-order valence-electron chi connectivity index (χ0n) is 8.16. The van der Waals surface area contributed by atoms with E-state index in [2.05, 4.69) is 16.8 Å². The van der Waals surface area contributed by atoms with Crippen LogP contribution in [0.4, 0.5) is 0 Å². The molecule has 14 heavy (non-hydrogen) atoms. The molecule has 0 amide bonds. The minimum absolute atomic E-state index is 0.424. The van der Waals surface area contributed by atoms with Gasteiger partial charge in [-0.3, -0.25) is 0 Å². The maximum Gasteiger partial charge on any atom is 0.0778 e. The second-order valence-electron chi connectivity index (χ2n) is 4.04. The van der Waals surface area contributed by atoms with Gasteiger partial charge in [0.2, 0.25) is 0 Å². The Hall–Kier alpha value is -0.380. The zero-order chi connectivity index (χ0) is 9.38. The van der Waals surface area contributed by atoms with Crippen LogP contribution in [0.2, 0.25) is 0 Å². The van der Waals surface area contributed by atoms with Crippen molar-refractivity contribution in [1.29, 1.82) is 0 Å². The lowest BCUT2D eigenvalue weighted by atomic mass is 9.98. The van der Waals surface area contributed by atoms with E-state index in [1.54, 1.807) is 0 Å². The van der Waals surface area contributed by atoms with Crippen molar-refractivity contribution in [3.63, 3.8) is 0 Å². The largest absolute Gasteiger partial charge is 0.376 e. The van der Waals surface area contributed by atoms with Crippen LogP contribution in [-0.2, 0) is 11.2 Å². The van der Waals surface area contributed by atoms with Crippen molar-refractivity contribution in [1.82, 2.24) is 5.32 Å². The fraction of sp³-hybridized carbons (Fsp3) is 0.636. The smallest absolute Gasteiger partial charge is 0.0778 e. The Morgan fingerprint density at radius 1 is 1.50 bits per heavy atom. The van der Waals surface area contributed by atoms with E-state index in [0.717, 1.165) is 13.2 Å². The number of thiophene rings is 1. The van der Waals surface area contributed by atoms with Gasteiger partial charge >= 0.3 is 0 Å². The fourth-order valence-corrected chi connectivity index (χ4v) is 3.53. The first-order valence-electron chi connectivity index (χ1n) is 5.36. The molecule has 2 unspecified atom stereocenters. The molecular weight excluding hydrogens is 194 g/mol. The minimum atomic E-state index is 0.424. The molecule has 1 fully saturated rings. The van der Waals surface area contributed by atoms with E-state index < -0.39 is 0 Å². The lowest BCUT2D eigenvalue weighted by Crippen LogP contribution is -2.36. The van der Waals surface area contributed by atoms with Gasteiger partial charge in [-0.05, 0) is 42.8 Å². The van der Waals surface area contributed by atoms with E-state index in [-0.39, 0.29) is 0 Å². The normalized spacial score (nSPS) is 31.7. The summed E-state index contributed by atoms with van der Waals surface area (Å²) >= 11 is 1.88. The number of rotatable bonds is 1. The maximum absolute atomic E-state index is 5.76. The molecule has 1 aromatic rings. The van der Waals surface area contributed by atoms with Gasteiger partial charge in [-0.15, -0.1) is 11.3 Å². The molecule has 1 saturated heterocycles. The van der Waals surface area contributed by atoms with Crippen molar-refractivity contribution in [2.75, 3.05) is 13.2 Å². The van der Waals surface area contributed by atoms with Crippen molar-refractivity contribution >= 4 is 11.3 Å². The van der Waals surface area contributed by atoms with Crippen molar-refractivity contribution in [3.05, 3.63) is 21.9 Å². The summed E-state index contributed by atoms with van der Waals surface area (Å²) in [6.45, 7) is 2.05. The second kappa shape index (κ2) is 3.65. The van der Waals surface area contributed by atoms with Crippen LogP contribution in [-0.4, -0.2) is 19.3 Å². The Labute approximate surface area is 88.3 Å². The molecule has 0 radical (unpaired) electrons. The topological polar surface area (TPSA) is 21.3 Å². The Morgan fingerprint density at radius 3 is 3.36 bits per heavy atom. The molecule has 0 bridgehead atoms. The van der Waals surface area contributed by atoms with Gasteiger partial charge in [0.1, 0.15) is 0 Å². The van der Waals surface area contributed by atoms with Crippen LogP contribution >= 0.6 is 11.3 Å². The van der Waals surface area contributed by atoms with E-state index in [1.807, 2.05) is 11.3 Å². The lowest BCUT2D eigenvalue weighted by Gasteiger charge is -2.28. The summed E-state index contributed by atoms with van der Waals surface area (Å²) in [5, 5.41) is 5.80. The molecule has 1 aromatic heterocycles. The van der Waals surface area contributed by atoms with Gasteiger partial charge in [0, 0.05) is 11.5 Å². The highest BCUT2D eigenvalue weighted by molar-refractivity contribution is 7.10. The van der Waals surface area contributed by atoms with E-state index in [9.17, 15) is 0 Å². The number of ether oxygens (including phenoxy) is 1. The summed E-state index contributed by atoms with van der Waals surface area (Å²) in [5.74, 6) is 0. The monoisotopic (exact) mass is 209 g/mol. The van der Waals surface area contributed by atoms with Crippen LogP contribution in [0.5, 0.6) is 0 Å². The molecule has 2 atom stereocenters. The maximum atomic E-state index is 5.76. The SMILES string of the molecule is c1cc2c(s1)C(C1CCCO1)NCC2. The molecule has 3 heteroatoms. The van der Waals surface area contributed by atoms with Crippen molar-refractivity contribution in [2.24, 2.45) is 0 Å². The highest BCUT2D eigenvalue weighted by Gasteiger charge is 2.31. The molecule has 3 rings (SSSR count). The molecule has 0 spiro atoms. The first kappa shape index (κ1) is 8.89. The minimum Gasteiger partial charge on any atom is -0.376 e. The fourth-order valence-electron chi connectivity index (χ4n) is 2.45. The molecule has 1 N–H and O–H groups in total. The quantitative estimate of drug-likeness (QED) is 0.765. The van der Waals surface area contributed by atoms with E-state index in [4.69, 9.17) is 4.74 Å². The average Bonchev–Trinajstić information content (AvgIpc) is 2.88. The first-order chi connectivity index (χ1) is 6.95. The van der Waals surface area contributed by atoms with Crippen LogP contribution in [0.15, 0.2) is 11.4 Å². The van der Waals surface area contributed by atoms with Crippen LogP contribution in [0.3, 0.4) is 0 Å². The number of fused-ring (bicyclic) bond motifs is 1. The predicted molar refractivity (Wildman–Crippen MR) is 57.7 cm³/mol. The van der Waals surface area contributed by atoms with Crippen LogP contribution in [0, 0.1) is 0 Å². The van der Waals surface area contributed by atoms with Crippen molar-refractivity contribution in [2.45, 2.75) is 31.4 Å². The Bertz CT molecular complexity index is 317. The van der Waals surface area contributed by atoms with Crippen LogP contribution < -0.4 is 5.32 Å².